The molecule has 1 aromatic carbocycles. The second-order valence-electron chi connectivity index (χ2n) is 7.75. The topological polar surface area (TPSA) is 96.3 Å². The number of hydrogen-bond acceptors (Lipinski definition) is 6. The van der Waals surface area contributed by atoms with Gasteiger partial charge >= 0.3 is 35.7 Å². The summed E-state index contributed by atoms with van der Waals surface area (Å²) in [6.07, 6.45) is -5.42. The number of hydrogen-bond donors (Lipinski definition) is 1. The number of aliphatic hydroxyl groups is 1. The molecule has 7 nitrogen and oxygen atoms in total. The Hall–Kier alpha value is -1.88. The van der Waals surface area contributed by atoms with Crippen molar-refractivity contribution in [1.29, 1.82) is 0 Å². The molecule has 160 valence electrons. The monoisotopic (exact) mass is 445 g/mol. The number of amides is 1. The molecule has 1 N–H and O–H groups in total. The normalized spacial score (nSPS) is 26.3. The fourth-order valence-corrected chi connectivity index (χ4v) is 4.58. The minimum atomic E-state index is -4.55. The number of hydrazone groups is 1. The molecule has 0 aromatic heterocycles. The zero-order valence-corrected chi connectivity index (χ0v) is 19.0. The van der Waals surface area contributed by atoms with E-state index in [9.17, 15) is 33.0 Å². The van der Waals surface area contributed by atoms with Gasteiger partial charge in [0, 0.05) is 6.42 Å². The van der Waals surface area contributed by atoms with E-state index in [1.165, 1.54) is 6.92 Å². The molecule has 0 aliphatic carbocycles. The molecule has 0 unspecified atom stereocenters. The van der Waals surface area contributed by atoms with Crippen molar-refractivity contribution >= 4 is 17.6 Å². The van der Waals surface area contributed by atoms with E-state index in [1.54, 1.807) is 30.3 Å². The second-order valence-corrected chi connectivity index (χ2v) is 7.75. The Bertz CT molecular complexity index is 949. The van der Waals surface area contributed by atoms with Crippen LogP contribution in [0.2, 0.25) is 0 Å². The standard InChI is InChI=1S/C20H20F3N3O4.Na/c1-10(27)16-15-7-12(17(19(29)30)26(15)18(16)28)14-8-13(11-5-3-2-4-6-11)24-25(14)9-20(21,22)23;/h2-6,10,14-16,27H,7-9H2,1H3,(H,29,30);/q;+1/p-1/t10-,14+,15-,16-;/m1./s1. The molecule has 1 saturated heterocycles. The maximum absolute atomic E-state index is 13.2. The van der Waals surface area contributed by atoms with Crippen molar-refractivity contribution in [3.8, 4) is 0 Å². The predicted molar refractivity (Wildman–Crippen MR) is 96.6 cm³/mol. The van der Waals surface area contributed by atoms with E-state index in [4.69, 9.17) is 0 Å². The first-order valence-corrected chi connectivity index (χ1v) is 9.50. The van der Waals surface area contributed by atoms with E-state index in [0.717, 1.165) is 9.91 Å². The maximum atomic E-state index is 13.2. The minimum Gasteiger partial charge on any atom is -0.543 e. The van der Waals surface area contributed by atoms with Gasteiger partial charge in [-0.1, -0.05) is 30.3 Å². The third-order valence-electron chi connectivity index (χ3n) is 5.80. The van der Waals surface area contributed by atoms with Crippen LogP contribution in [0.25, 0.3) is 0 Å². The van der Waals surface area contributed by atoms with Crippen LogP contribution in [0.3, 0.4) is 0 Å². The molecule has 0 spiro atoms. The fourth-order valence-electron chi connectivity index (χ4n) is 4.58. The number of carboxylic acids is 1. The van der Waals surface area contributed by atoms with Crippen molar-refractivity contribution in [2.75, 3.05) is 6.54 Å². The Morgan fingerprint density at radius 3 is 2.48 bits per heavy atom. The molecule has 31 heavy (non-hydrogen) atoms. The number of carbonyl (C=O) groups excluding carboxylic acids is 2. The van der Waals surface area contributed by atoms with Crippen LogP contribution in [0.4, 0.5) is 13.2 Å². The molecule has 11 heteroatoms. The summed E-state index contributed by atoms with van der Waals surface area (Å²) >= 11 is 0. The Balaban J connectivity index is 0.00000272. The van der Waals surface area contributed by atoms with E-state index in [-0.39, 0.29) is 48.0 Å². The quantitative estimate of drug-likeness (QED) is 0.405. The van der Waals surface area contributed by atoms with Crippen LogP contribution in [0.1, 0.15) is 25.3 Å². The van der Waals surface area contributed by atoms with Crippen molar-refractivity contribution < 1.29 is 62.5 Å². The third kappa shape index (κ3) is 4.26. The maximum Gasteiger partial charge on any atom is 1.00 e. The molecule has 3 aliphatic rings. The summed E-state index contributed by atoms with van der Waals surface area (Å²) < 4.78 is 39.6. The van der Waals surface area contributed by atoms with Gasteiger partial charge in [0.05, 0.1) is 41.5 Å². The van der Waals surface area contributed by atoms with Crippen molar-refractivity contribution in [1.82, 2.24) is 9.91 Å². The number of nitrogens with zero attached hydrogens (tertiary/aromatic N) is 3. The predicted octanol–water partition coefficient (Wildman–Crippen LogP) is -2.35. The molecule has 1 amide bonds. The van der Waals surface area contributed by atoms with E-state index in [0.29, 0.717) is 11.3 Å². The molecular formula is C20H19F3N3NaO4. The largest absolute Gasteiger partial charge is 1.00 e. The summed E-state index contributed by atoms with van der Waals surface area (Å²) in [5.41, 5.74) is 0.823. The smallest absolute Gasteiger partial charge is 0.543 e. The summed E-state index contributed by atoms with van der Waals surface area (Å²) in [6.45, 7) is 0.0784. The van der Waals surface area contributed by atoms with Crippen LogP contribution in [-0.4, -0.2) is 63.5 Å². The number of aliphatic carboxylic acids is 1. The van der Waals surface area contributed by atoms with Gasteiger partial charge in [-0.05, 0) is 24.5 Å². The van der Waals surface area contributed by atoms with Crippen LogP contribution in [0.15, 0.2) is 46.7 Å². The van der Waals surface area contributed by atoms with Gasteiger partial charge in [-0.15, -0.1) is 0 Å². The molecule has 3 aliphatic heterocycles. The fraction of sp³-hybridized carbons (Fsp3) is 0.450. The Morgan fingerprint density at radius 2 is 1.94 bits per heavy atom. The SMILES string of the molecule is C[C@@H](O)[C@H]1C(=O)N2C(C(=O)[O-])=C([C@@H]3CC(c4ccccc4)=NN3CC(F)(F)F)C[C@H]12.[Na+]. The number of rotatable bonds is 5. The number of fused-ring (bicyclic) bond motifs is 1. The van der Waals surface area contributed by atoms with Crippen LogP contribution >= 0.6 is 0 Å². The molecule has 0 radical (unpaired) electrons. The first kappa shape index (κ1) is 23.8. The molecule has 4 rings (SSSR count). The van der Waals surface area contributed by atoms with Gasteiger partial charge < -0.3 is 19.9 Å². The first-order valence-electron chi connectivity index (χ1n) is 9.50. The van der Waals surface area contributed by atoms with Crippen molar-refractivity contribution in [2.24, 2.45) is 11.0 Å². The average molecular weight is 445 g/mol. The molecule has 4 atom stereocenters. The number of carboxylic acid groups (broad SMARTS) is 1. The van der Waals surface area contributed by atoms with Crippen LogP contribution in [-0.2, 0) is 9.59 Å². The zero-order chi connectivity index (χ0) is 21.8. The summed E-state index contributed by atoms with van der Waals surface area (Å²) in [5, 5.41) is 26.6. The van der Waals surface area contributed by atoms with Gasteiger partial charge in [0.2, 0.25) is 5.91 Å². The molecule has 0 saturated carbocycles. The van der Waals surface area contributed by atoms with Gasteiger partial charge in [0.15, 0.2) is 0 Å². The zero-order valence-electron chi connectivity index (χ0n) is 17.0. The van der Waals surface area contributed by atoms with Gasteiger partial charge in [0.25, 0.3) is 0 Å². The Kier molecular flexibility index (Phi) is 6.57. The number of alkyl halides is 3. The number of β-lactam (4-membered cyclic amide) rings is 1. The molecule has 3 heterocycles. The Labute approximate surface area is 198 Å². The molecule has 0 bridgehead atoms. The van der Waals surface area contributed by atoms with Gasteiger partial charge in [-0.3, -0.25) is 9.80 Å². The average Bonchev–Trinajstić information content (AvgIpc) is 3.19. The number of aliphatic hydroxyl groups excluding tert-OH is 1. The Morgan fingerprint density at radius 1 is 1.29 bits per heavy atom. The van der Waals surface area contributed by atoms with Crippen molar-refractivity contribution in [3.05, 3.63) is 47.2 Å². The van der Waals surface area contributed by atoms with Gasteiger partial charge in [-0.25, -0.2) is 0 Å². The summed E-state index contributed by atoms with van der Waals surface area (Å²) in [5.74, 6) is -2.97. The summed E-state index contributed by atoms with van der Waals surface area (Å²) in [6, 6.07) is 7.10. The number of benzene rings is 1. The molecule has 1 aromatic rings. The van der Waals surface area contributed by atoms with Crippen molar-refractivity contribution in [2.45, 2.75) is 44.1 Å². The second kappa shape index (κ2) is 8.57. The van der Waals surface area contributed by atoms with Crippen LogP contribution < -0.4 is 34.7 Å². The van der Waals surface area contributed by atoms with Crippen LogP contribution in [0.5, 0.6) is 0 Å². The van der Waals surface area contributed by atoms with E-state index >= 15 is 0 Å². The van der Waals surface area contributed by atoms with E-state index in [2.05, 4.69) is 5.10 Å². The number of halogens is 3. The number of carbonyl (C=O) groups is 2. The molecule has 1 fully saturated rings. The van der Waals surface area contributed by atoms with Gasteiger partial charge in [0.1, 0.15) is 6.54 Å². The van der Waals surface area contributed by atoms with E-state index in [1.807, 2.05) is 0 Å². The van der Waals surface area contributed by atoms with Crippen molar-refractivity contribution in [3.63, 3.8) is 0 Å². The van der Waals surface area contributed by atoms with Gasteiger partial charge in [-0.2, -0.15) is 18.3 Å². The van der Waals surface area contributed by atoms with E-state index < -0.39 is 54.4 Å². The summed E-state index contributed by atoms with van der Waals surface area (Å²) in [7, 11) is 0. The summed E-state index contributed by atoms with van der Waals surface area (Å²) in [4.78, 5) is 25.2. The first-order chi connectivity index (χ1) is 14.1. The molecular weight excluding hydrogens is 426 g/mol. The van der Waals surface area contributed by atoms with Crippen LogP contribution in [0, 0.1) is 5.92 Å². The third-order valence-corrected chi connectivity index (χ3v) is 5.80. The minimum absolute atomic E-state index is 0.